The lowest BCUT2D eigenvalue weighted by Crippen LogP contribution is -2.37. The quantitative estimate of drug-likeness (QED) is 0.635. The van der Waals surface area contributed by atoms with E-state index in [0.717, 1.165) is 18.0 Å². The van der Waals surface area contributed by atoms with Gasteiger partial charge in [-0.25, -0.2) is 9.38 Å². The third-order valence-electron chi connectivity index (χ3n) is 3.45. The van der Waals surface area contributed by atoms with Gasteiger partial charge in [0.2, 0.25) is 0 Å². The lowest BCUT2D eigenvalue weighted by atomic mass is 9.85. The third-order valence-corrected chi connectivity index (χ3v) is 3.45. The van der Waals surface area contributed by atoms with Crippen LogP contribution in [0.4, 0.5) is 4.39 Å². The van der Waals surface area contributed by atoms with E-state index in [1.54, 1.807) is 19.1 Å². The Morgan fingerprint density at radius 1 is 1.50 bits per heavy atom. The number of aryl methyl sites for hydroxylation is 1. The largest absolute Gasteiger partial charge is 0.370 e. The maximum atomic E-state index is 13.1. The van der Waals surface area contributed by atoms with Gasteiger partial charge < -0.3 is 11.1 Å². The summed E-state index contributed by atoms with van der Waals surface area (Å²) < 4.78 is 13.1. The molecule has 1 aliphatic carbocycles. The molecule has 0 aliphatic heterocycles. The second-order valence-corrected chi connectivity index (χ2v) is 4.96. The van der Waals surface area contributed by atoms with Crippen molar-refractivity contribution in [2.45, 2.75) is 32.7 Å². The molecule has 0 bridgehead atoms. The predicted molar refractivity (Wildman–Crippen MR) is 71.8 cm³/mol. The Balaban J connectivity index is 1.82. The Kier molecular flexibility index (Phi) is 4.18. The summed E-state index contributed by atoms with van der Waals surface area (Å²) in [7, 11) is 0. The van der Waals surface area contributed by atoms with Crippen molar-refractivity contribution in [2.24, 2.45) is 16.6 Å². The summed E-state index contributed by atoms with van der Waals surface area (Å²) in [5.74, 6) is 1.05. The van der Waals surface area contributed by atoms with E-state index >= 15 is 0 Å². The topological polar surface area (TPSA) is 50.4 Å². The van der Waals surface area contributed by atoms with Gasteiger partial charge in [0.25, 0.3) is 0 Å². The molecular weight excluding hydrogens is 229 g/mol. The maximum Gasteiger partial charge on any atom is 0.188 e. The zero-order valence-corrected chi connectivity index (χ0v) is 10.7. The molecule has 1 aliphatic rings. The highest BCUT2D eigenvalue weighted by molar-refractivity contribution is 5.77. The van der Waals surface area contributed by atoms with Crippen molar-refractivity contribution < 1.29 is 4.39 Å². The standard InChI is InChI=1S/C14H20FN3/c1-10-7-12(5-6-13(10)15)9-18-14(16)17-8-11-3-2-4-11/h5-7,11H,2-4,8-9H2,1H3,(H3,16,17,18). The fourth-order valence-electron chi connectivity index (χ4n) is 1.98. The van der Waals surface area contributed by atoms with Crippen LogP contribution in [-0.4, -0.2) is 12.5 Å². The van der Waals surface area contributed by atoms with Gasteiger partial charge >= 0.3 is 0 Å². The van der Waals surface area contributed by atoms with Crippen molar-refractivity contribution in [1.29, 1.82) is 0 Å². The minimum absolute atomic E-state index is 0.182. The van der Waals surface area contributed by atoms with Crippen LogP contribution in [0, 0.1) is 18.7 Å². The van der Waals surface area contributed by atoms with Crippen LogP contribution in [0.2, 0.25) is 0 Å². The van der Waals surface area contributed by atoms with Gasteiger partial charge in [-0.3, -0.25) is 0 Å². The highest BCUT2D eigenvalue weighted by Gasteiger charge is 2.16. The first-order valence-corrected chi connectivity index (χ1v) is 6.44. The normalized spacial score (nSPS) is 16.4. The first-order chi connectivity index (χ1) is 8.65. The van der Waals surface area contributed by atoms with Gasteiger partial charge in [-0.1, -0.05) is 18.6 Å². The lowest BCUT2D eigenvalue weighted by molar-refractivity contribution is 0.315. The fourth-order valence-corrected chi connectivity index (χ4v) is 1.98. The molecular formula is C14H20FN3. The van der Waals surface area contributed by atoms with Crippen LogP contribution in [0.3, 0.4) is 0 Å². The highest BCUT2D eigenvalue weighted by atomic mass is 19.1. The monoisotopic (exact) mass is 249 g/mol. The molecule has 1 saturated carbocycles. The lowest BCUT2D eigenvalue weighted by Gasteiger charge is -2.25. The van der Waals surface area contributed by atoms with Crippen LogP contribution in [0.1, 0.15) is 30.4 Å². The molecule has 0 unspecified atom stereocenters. The number of aliphatic imine (C=N–C) groups is 1. The van der Waals surface area contributed by atoms with E-state index in [1.807, 2.05) is 0 Å². The third kappa shape index (κ3) is 3.45. The molecule has 0 heterocycles. The zero-order valence-electron chi connectivity index (χ0n) is 10.7. The molecule has 1 fully saturated rings. The van der Waals surface area contributed by atoms with Crippen LogP contribution >= 0.6 is 0 Å². The Morgan fingerprint density at radius 3 is 2.89 bits per heavy atom. The average molecular weight is 249 g/mol. The number of rotatable bonds is 4. The number of hydrogen-bond donors (Lipinski definition) is 2. The molecule has 4 heteroatoms. The maximum absolute atomic E-state index is 13.1. The molecule has 0 amide bonds. The molecule has 98 valence electrons. The van der Waals surface area contributed by atoms with E-state index in [-0.39, 0.29) is 5.82 Å². The van der Waals surface area contributed by atoms with Crippen molar-refractivity contribution >= 4 is 5.96 Å². The van der Waals surface area contributed by atoms with E-state index in [0.29, 0.717) is 18.1 Å². The van der Waals surface area contributed by atoms with Gasteiger partial charge in [-0.05, 0) is 42.9 Å². The summed E-state index contributed by atoms with van der Waals surface area (Å²) in [5.41, 5.74) is 7.40. The van der Waals surface area contributed by atoms with Crippen molar-refractivity contribution in [2.75, 3.05) is 6.54 Å². The van der Waals surface area contributed by atoms with Crippen molar-refractivity contribution in [3.63, 3.8) is 0 Å². The van der Waals surface area contributed by atoms with Crippen LogP contribution in [0.25, 0.3) is 0 Å². The van der Waals surface area contributed by atoms with E-state index in [1.165, 1.54) is 25.3 Å². The first kappa shape index (κ1) is 12.9. The molecule has 0 radical (unpaired) electrons. The Morgan fingerprint density at radius 2 is 2.28 bits per heavy atom. The fraction of sp³-hybridized carbons (Fsp3) is 0.500. The molecule has 1 aromatic rings. The van der Waals surface area contributed by atoms with Crippen molar-refractivity contribution in [1.82, 2.24) is 5.32 Å². The average Bonchev–Trinajstić information content (AvgIpc) is 2.29. The van der Waals surface area contributed by atoms with Gasteiger partial charge in [0.05, 0.1) is 6.54 Å². The van der Waals surface area contributed by atoms with Gasteiger partial charge in [0.15, 0.2) is 5.96 Å². The number of halogens is 1. The molecule has 0 aromatic heterocycles. The van der Waals surface area contributed by atoms with E-state index in [4.69, 9.17) is 5.73 Å². The van der Waals surface area contributed by atoms with Gasteiger partial charge in [0.1, 0.15) is 5.82 Å². The molecule has 0 saturated heterocycles. The summed E-state index contributed by atoms with van der Waals surface area (Å²) in [4.78, 5) is 4.26. The van der Waals surface area contributed by atoms with Crippen molar-refractivity contribution in [3.8, 4) is 0 Å². The number of guanidine groups is 1. The summed E-state index contributed by atoms with van der Waals surface area (Å²) in [5, 5.41) is 3.13. The molecule has 0 spiro atoms. The molecule has 0 atom stereocenters. The SMILES string of the molecule is Cc1cc(CN=C(N)NCC2CCC2)ccc1F. The minimum atomic E-state index is -0.182. The van der Waals surface area contributed by atoms with Crippen molar-refractivity contribution in [3.05, 3.63) is 35.1 Å². The summed E-state index contributed by atoms with van der Waals surface area (Å²) in [6.07, 6.45) is 3.91. The van der Waals surface area contributed by atoms with E-state index in [2.05, 4.69) is 10.3 Å². The summed E-state index contributed by atoms with van der Waals surface area (Å²) >= 11 is 0. The first-order valence-electron chi connectivity index (χ1n) is 6.44. The second-order valence-electron chi connectivity index (χ2n) is 4.96. The van der Waals surface area contributed by atoms with Gasteiger partial charge in [-0.15, -0.1) is 0 Å². The van der Waals surface area contributed by atoms with Crippen LogP contribution in [0.5, 0.6) is 0 Å². The van der Waals surface area contributed by atoms with Crippen LogP contribution in [-0.2, 0) is 6.54 Å². The number of nitrogens with one attached hydrogen (secondary N) is 1. The Bertz CT molecular complexity index is 439. The number of benzene rings is 1. The van der Waals surface area contributed by atoms with Gasteiger partial charge in [-0.2, -0.15) is 0 Å². The molecule has 3 N–H and O–H groups in total. The highest BCUT2D eigenvalue weighted by Crippen LogP contribution is 2.24. The van der Waals surface area contributed by atoms with E-state index < -0.39 is 0 Å². The summed E-state index contributed by atoms with van der Waals surface area (Å²) in [6.45, 7) is 3.16. The van der Waals surface area contributed by atoms with Crippen LogP contribution in [0.15, 0.2) is 23.2 Å². The predicted octanol–water partition coefficient (Wildman–Crippen LogP) is 2.34. The van der Waals surface area contributed by atoms with Gasteiger partial charge in [0, 0.05) is 6.54 Å². The summed E-state index contributed by atoms with van der Waals surface area (Å²) in [6, 6.07) is 5.02. The smallest absolute Gasteiger partial charge is 0.188 e. The minimum Gasteiger partial charge on any atom is -0.370 e. The molecule has 3 nitrogen and oxygen atoms in total. The number of nitrogens with zero attached hydrogens (tertiary/aromatic N) is 1. The number of hydrogen-bond acceptors (Lipinski definition) is 1. The Hall–Kier alpha value is -1.58. The zero-order chi connectivity index (χ0) is 13.0. The number of nitrogens with two attached hydrogens (primary N) is 1. The molecule has 2 rings (SSSR count). The second kappa shape index (κ2) is 5.85. The molecule has 1 aromatic carbocycles. The van der Waals surface area contributed by atoms with Crippen LogP contribution < -0.4 is 11.1 Å². The Labute approximate surface area is 107 Å². The van der Waals surface area contributed by atoms with E-state index in [9.17, 15) is 4.39 Å². The molecule has 18 heavy (non-hydrogen) atoms.